The van der Waals surface area contributed by atoms with Gasteiger partial charge in [0.25, 0.3) is 5.91 Å². The molecule has 3 fully saturated rings. The number of morpholine rings is 1. The molecule has 0 aliphatic carbocycles. The highest BCUT2D eigenvalue weighted by atomic mass is 16.5. The molecular weight excluding hydrogens is 414 g/mol. The summed E-state index contributed by atoms with van der Waals surface area (Å²) < 4.78 is 5.40. The molecule has 3 saturated heterocycles. The Bertz CT molecular complexity index is 973. The van der Waals surface area contributed by atoms with Crippen molar-refractivity contribution in [3.63, 3.8) is 0 Å². The number of nitrogens with zero attached hydrogens (tertiary/aromatic N) is 4. The van der Waals surface area contributed by atoms with Crippen molar-refractivity contribution < 1.29 is 9.53 Å². The number of ether oxygens (including phenoxy) is 1. The minimum atomic E-state index is -0.129. The first-order valence-electron chi connectivity index (χ1n) is 12.3. The van der Waals surface area contributed by atoms with E-state index in [4.69, 9.17) is 4.74 Å². The number of hydrogen-bond donors (Lipinski definition) is 1. The van der Waals surface area contributed by atoms with Gasteiger partial charge in [0, 0.05) is 55.8 Å². The molecule has 7 nitrogen and oxygen atoms in total. The molecule has 1 aromatic carbocycles. The third-order valence-corrected chi connectivity index (χ3v) is 7.41. The summed E-state index contributed by atoms with van der Waals surface area (Å²) in [6, 6.07) is 11.5. The van der Waals surface area contributed by atoms with Gasteiger partial charge in [0.05, 0.1) is 18.8 Å². The molecule has 33 heavy (non-hydrogen) atoms. The third-order valence-electron chi connectivity index (χ3n) is 7.41. The summed E-state index contributed by atoms with van der Waals surface area (Å²) in [4.78, 5) is 24.7. The molecule has 0 bridgehead atoms. The zero-order valence-corrected chi connectivity index (χ0v) is 19.8. The normalized spacial score (nSPS) is 23.8. The molecule has 1 amide bonds. The average molecular weight is 450 g/mol. The SMILES string of the molecule is Cc1cc(N2CCC(N3CCCC3C)C2)ccc1NC(=O)c1ccc(N2CCOCC2)nc1. The number of anilines is 3. The maximum Gasteiger partial charge on any atom is 0.257 e. The number of pyridine rings is 1. The summed E-state index contributed by atoms with van der Waals surface area (Å²) in [5.74, 6) is 0.763. The van der Waals surface area contributed by atoms with Crippen LogP contribution in [0.15, 0.2) is 36.5 Å². The second-order valence-electron chi connectivity index (χ2n) is 9.58. The molecular formula is C26H35N5O2. The quantitative estimate of drug-likeness (QED) is 0.754. The molecule has 3 aliphatic rings. The van der Waals surface area contributed by atoms with Gasteiger partial charge in [-0.25, -0.2) is 4.98 Å². The Balaban J connectivity index is 1.20. The van der Waals surface area contributed by atoms with Gasteiger partial charge in [0.2, 0.25) is 0 Å². The molecule has 1 aromatic heterocycles. The molecule has 1 N–H and O–H groups in total. The monoisotopic (exact) mass is 449 g/mol. The number of aromatic nitrogens is 1. The van der Waals surface area contributed by atoms with Crippen LogP contribution in [0.25, 0.3) is 0 Å². The van der Waals surface area contributed by atoms with Gasteiger partial charge in [0.15, 0.2) is 0 Å². The lowest BCUT2D eigenvalue weighted by molar-refractivity contribution is 0.102. The highest BCUT2D eigenvalue weighted by molar-refractivity contribution is 6.04. The third kappa shape index (κ3) is 4.84. The maximum absolute atomic E-state index is 12.8. The molecule has 2 atom stereocenters. The Hall–Kier alpha value is -2.64. The second kappa shape index (κ2) is 9.69. The lowest BCUT2D eigenvalue weighted by Crippen LogP contribution is -2.39. The van der Waals surface area contributed by atoms with Crippen molar-refractivity contribution in [2.24, 2.45) is 0 Å². The summed E-state index contributed by atoms with van der Waals surface area (Å²) in [5.41, 5.74) is 3.75. The van der Waals surface area contributed by atoms with Crippen LogP contribution >= 0.6 is 0 Å². The van der Waals surface area contributed by atoms with E-state index in [0.29, 0.717) is 30.9 Å². The van der Waals surface area contributed by atoms with E-state index in [-0.39, 0.29) is 5.91 Å². The fraction of sp³-hybridized carbons (Fsp3) is 0.538. The van der Waals surface area contributed by atoms with Crippen molar-refractivity contribution in [3.8, 4) is 0 Å². The largest absolute Gasteiger partial charge is 0.378 e. The average Bonchev–Trinajstić information content (AvgIpc) is 3.50. The van der Waals surface area contributed by atoms with Crippen LogP contribution in [0.3, 0.4) is 0 Å². The topological polar surface area (TPSA) is 60.9 Å². The summed E-state index contributed by atoms with van der Waals surface area (Å²) in [7, 11) is 0. The Morgan fingerprint density at radius 3 is 2.61 bits per heavy atom. The molecule has 2 unspecified atom stereocenters. The van der Waals surface area contributed by atoms with Gasteiger partial charge in [-0.2, -0.15) is 0 Å². The van der Waals surface area contributed by atoms with Gasteiger partial charge in [-0.3, -0.25) is 9.69 Å². The smallest absolute Gasteiger partial charge is 0.257 e. The Labute approximate surface area is 196 Å². The molecule has 5 rings (SSSR count). The Morgan fingerprint density at radius 1 is 1.06 bits per heavy atom. The number of amides is 1. The number of carbonyl (C=O) groups is 1. The number of benzene rings is 1. The van der Waals surface area contributed by atoms with Gasteiger partial charge >= 0.3 is 0 Å². The van der Waals surface area contributed by atoms with Crippen LogP contribution in [0.5, 0.6) is 0 Å². The van der Waals surface area contributed by atoms with Gasteiger partial charge in [0.1, 0.15) is 5.82 Å². The van der Waals surface area contributed by atoms with Crippen molar-refractivity contribution in [1.29, 1.82) is 0 Å². The van der Waals surface area contributed by atoms with E-state index in [2.05, 4.69) is 51.0 Å². The van der Waals surface area contributed by atoms with Crippen LogP contribution in [0.2, 0.25) is 0 Å². The predicted octanol–water partition coefficient (Wildman–Crippen LogP) is 3.54. The summed E-state index contributed by atoms with van der Waals surface area (Å²) in [5, 5.41) is 3.06. The predicted molar refractivity (Wildman–Crippen MR) is 132 cm³/mol. The van der Waals surface area contributed by atoms with Crippen molar-refractivity contribution in [2.75, 3.05) is 61.1 Å². The highest BCUT2D eigenvalue weighted by Gasteiger charge is 2.33. The molecule has 0 saturated carbocycles. The second-order valence-corrected chi connectivity index (χ2v) is 9.58. The molecule has 176 valence electrons. The lowest BCUT2D eigenvalue weighted by Gasteiger charge is -2.28. The fourth-order valence-corrected chi connectivity index (χ4v) is 5.42. The number of likely N-dealkylation sites (tertiary alicyclic amines) is 1. The van der Waals surface area contributed by atoms with E-state index in [0.717, 1.165) is 43.2 Å². The molecule has 4 heterocycles. The van der Waals surface area contributed by atoms with Crippen molar-refractivity contribution in [3.05, 3.63) is 47.7 Å². The first kappa shape index (κ1) is 22.2. The van der Waals surface area contributed by atoms with E-state index in [1.807, 2.05) is 18.2 Å². The molecule has 7 heteroatoms. The first-order chi connectivity index (χ1) is 16.1. The van der Waals surface area contributed by atoms with Gasteiger partial charge in [-0.15, -0.1) is 0 Å². The summed E-state index contributed by atoms with van der Waals surface area (Å²) in [6.07, 6.45) is 5.55. The van der Waals surface area contributed by atoms with Gasteiger partial charge in [-0.1, -0.05) is 0 Å². The number of hydrogen-bond acceptors (Lipinski definition) is 6. The van der Waals surface area contributed by atoms with Crippen LogP contribution in [-0.2, 0) is 4.74 Å². The number of carbonyl (C=O) groups excluding carboxylic acids is 1. The van der Waals surface area contributed by atoms with Crippen molar-refractivity contribution in [2.45, 2.75) is 45.2 Å². The van der Waals surface area contributed by atoms with Gasteiger partial charge < -0.3 is 19.9 Å². The van der Waals surface area contributed by atoms with Crippen molar-refractivity contribution in [1.82, 2.24) is 9.88 Å². The van der Waals surface area contributed by atoms with Crippen LogP contribution in [0, 0.1) is 6.92 Å². The number of aryl methyl sites for hydroxylation is 1. The van der Waals surface area contributed by atoms with E-state index in [1.54, 1.807) is 6.20 Å². The molecule has 0 radical (unpaired) electrons. The zero-order valence-electron chi connectivity index (χ0n) is 19.8. The van der Waals surface area contributed by atoms with Crippen LogP contribution in [0.4, 0.5) is 17.2 Å². The first-order valence-corrected chi connectivity index (χ1v) is 12.3. The molecule has 3 aliphatic heterocycles. The van der Waals surface area contributed by atoms with Gasteiger partial charge in [-0.05, 0) is 75.5 Å². The van der Waals surface area contributed by atoms with Crippen molar-refractivity contribution >= 4 is 23.1 Å². The Kier molecular flexibility index (Phi) is 6.51. The van der Waals surface area contributed by atoms with Crippen LogP contribution in [0.1, 0.15) is 42.1 Å². The van der Waals surface area contributed by atoms with E-state index < -0.39 is 0 Å². The number of rotatable bonds is 5. The Morgan fingerprint density at radius 2 is 1.91 bits per heavy atom. The van der Waals surface area contributed by atoms with E-state index >= 15 is 0 Å². The lowest BCUT2D eigenvalue weighted by atomic mass is 10.1. The highest BCUT2D eigenvalue weighted by Crippen LogP contribution is 2.30. The summed E-state index contributed by atoms with van der Waals surface area (Å²) >= 11 is 0. The standard InChI is InChI=1S/C26H35N5O2/c1-19-16-22(30-11-9-23(18-30)31-10-3-4-20(31)2)6-7-24(19)28-26(32)21-5-8-25(27-17-21)29-12-14-33-15-13-29/h5-8,16-17,20,23H,3-4,9-15,18H2,1-2H3,(H,28,32). The maximum atomic E-state index is 12.8. The zero-order chi connectivity index (χ0) is 22.8. The van der Waals surface area contributed by atoms with E-state index in [9.17, 15) is 4.79 Å². The number of nitrogens with one attached hydrogen (secondary N) is 1. The molecule has 2 aromatic rings. The minimum absolute atomic E-state index is 0.129. The fourth-order valence-electron chi connectivity index (χ4n) is 5.42. The summed E-state index contributed by atoms with van der Waals surface area (Å²) in [6.45, 7) is 11.0. The minimum Gasteiger partial charge on any atom is -0.378 e. The van der Waals surface area contributed by atoms with Crippen LogP contribution < -0.4 is 15.1 Å². The van der Waals surface area contributed by atoms with E-state index in [1.165, 1.54) is 31.5 Å². The molecule has 0 spiro atoms. The van der Waals surface area contributed by atoms with Crippen LogP contribution in [-0.4, -0.2) is 73.8 Å².